The number of thiazole rings is 1. The molecule has 0 saturated carbocycles. The minimum absolute atomic E-state index is 0.00598. The molecule has 7 heteroatoms. The first kappa shape index (κ1) is 19.5. The number of sulfone groups is 1. The van der Waals surface area contributed by atoms with E-state index in [9.17, 15) is 13.2 Å². The molecule has 5 nitrogen and oxygen atoms in total. The molecule has 1 heterocycles. The van der Waals surface area contributed by atoms with Gasteiger partial charge in [-0.3, -0.25) is 4.79 Å². The Bertz CT molecular complexity index is 1020. The van der Waals surface area contributed by atoms with Gasteiger partial charge in [0.1, 0.15) is 0 Å². The van der Waals surface area contributed by atoms with Gasteiger partial charge in [-0.2, -0.15) is 0 Å². The number of amides is 1. The van der Waals surface area contributed by atoms with Crippen LogP contribution in [-0.2, 0) is 20.4 Å². The number of carbonyl (C=O) groups is 1. The zero-order valence-corrected chi connectivity index (χ0v) is 17.0. The summed E-state index contributed by atoms with van der Waals surface area (Å²) in [4.78, 5) is 16.6. The Balaban J connectivity index is 1.52. The van der Waals surface area contributed by atoms with Crippen LogP contribution < -0.4 is 5.32 Å². The zero-order valence-electron chi connectivity index (χ0n) is 15.4. The fourth-order valence-electron chi connectivity index (χ4n) is 2.77. The molecule has 142 valence electrons. The fraction of sp³-hybridized carbons (Fsp3) is 0.300. The van der Waals surface area contributed by atoms with Crippen molar-refractivity contribution in [2.45, 2.75) is 32.4 Å². The summed E-state index contributed by atoms with van der Waals surface area (Å²) in [5.41, 5.74) is 3.98. The van der Waals surface area contributed by atoms with E-state index in [0.717, 1.165) is 21.3 Å². The predicted molar refractivity (Wildman–Crippen MR) is 111 cm³/mol. The first-order chi connectivity index (χ1) is 12.8. The zero-order chi connectivity index (χ0) is 19.4. The molecule has 1 N–H and O–H groups in total. The van der Waals surface area contributed by atoms with Crippen LogP contribution >= 0.6 is 11.3 Å². The molecule has 0 radical (unpaired) electrons. The van der Waals surface area contributed by atoms with Crippen molar-refractivity contribution < 1.29 is 13.2 Å². The van der Waals surface area contributed by atoms with Crippen LogP contribution in [-0.4, -0.2) is 25.1 Å². The standard InChI is InChI=1S/C20H22N2O3S2/c1-14-11-17-18(12-15(14)2)26-20(21-17)22-19(23)9-6-10-27(24,25)13-16-7-4-3-5-8-16/h3-5,7-8,11-12H,6,9-10,13H2,1-2H3,(H,21,22,23). The Kier molecular flexibility index (Phi) is 5.92. The molecule has 0 saturated heterocycles. The van der Waals surface area contributed by atoms with Gasteiger partial charge in [-0.05, 0) is 49.1 Å². The van der Waals surface area contributed by atoms with Crippen LogP contribution in [0.1, 0.15) is 29.5 Å². The van der Waals surface area contributed by atoms with E-state index in [1.165, 1.54) is 16.9 Å². The van der Waals surface area contributed by atoms with Crippen LogP contribution in [0.15, 0.2) is 42.5 Å². The molecule has 2 aromatic carbocycles. The van der Waals surface area contributed by atoms with E-state index in [2.05, 4.69) is 16.4 Å². The van der Waals surface area contributed by atoms with Gasteiger partial charge in [0.05, 0.1) is 21.7 Å². The minimum atomic E-state index is -3.23. The lowest BCUT2D eigenvalue weighted by molar-refractivity contribution is -0.116. The molecule has 3 aromatic rings. The van der Waals surface area contributed by atoms with E-state index in [-0.39, 0.29) is 23.8 Å². The molecular weight excluding hydrogens is 380 g/mol. The number of nitrogens with zero attached hydrogens (tertiary/aromatic N) is 1. The Labute approximate surface area is 163 Å². The second kappa shape index (κ2) is 8.19. The monoisotopic (exact) mass is 402 g/mol. The number of carbonyl (C=O) groups excluding carboxylic acids is 1. The highest BCUT2D eigenvalue weighted by Crippen LogP contribution is 2.28. The molecule has 1 aromatic heterocycles. The molecule has 0 aliphatic heterocycles. The second-order valence-electron chi connectivity index (χ2n) is 6.65. The number of benzene rings is 2. The normalized spacial score (nSPS) is 11.6. The molecule has 0 aliphatic carbocycles. The fourth-order valence-corrected chi connectivity index (χ4v) is 5.16. The van der Waals surface area contributed by atoms with Gasteiger partial charge in [-0.25, -0.2) is 13.4 Å². The third-order valence-electron chi connectivity index (χ3n) is 4.34. The summed E-state index contributed by atoms with van der Waals surface area (Å²) in [6.07, 6.45) is 0.451. The van der Waals surface area contributed by atoms with Gasteiger partial charge in [0, 0.05) is 6.42 Å². The number of fused-ring (bicyclic) bond motifs is 1. The van der Waals surface area contributed by atoms with Crippen LogP contribution in [0.2, 0.25) is 0 Å². The summed E-state index contributed by atoms with van der Waals surface area (Å²) in [5, 5.41) is 3.33. The Morgan fingerprint density at radius 3 is 2.56 bits per heavy atom. The first-order valence-corrected chi connectivity index (χ1v) is 11.4. The molecule has 0 unspecified atom stereocenters. The summed E-state index contributed by atoms with van der Waals surface area (Å²) in [6.45, 7) is 4.07. The van der Waals surface area contributed by atoms with Crippen LogP contribution in [0.3, 0.4) is 0 Å². The predicted octanol–water partition coefficient (Wildman–Crippen LogP) is 4.25. The van der Waals surface area contributed by atoms with Crippen molar-refractivity contribution >= 4 is 42.4 Å². The molecule has 27 heavy (non-hydrogen) atoms. The summed E-state index contributed by atoms with van der Waals surface area (Å²) >= 11 is 1.43. The average Bonchev–Trinajstić information content (AvgIpc) is 2.96. The van der Waals surface area contributed by atoms with E-state index >= 15 is 0 Å². The third-order valence-corrected chi connectivity index (χ3v) is 6.96. The van der Waals surface area contributed by atoms with Crippen molar-refractivity contribution in [3.05, 3.63) is 59.2 Å². The molecule has 3 rings (SSSR count). The van der Waals surface area contributed by atoms with Crippen LogP contribution in [0.25, 0.3) is 10.2 Å². The largest absolute Gasteiger partial charge is 0.302 e. The van der Waals surface area contributed by atoms with Crippen molar-refractivity contribution in [1.82, 2.24) is 4.98 Å². The van der Waals surface area contributed by atoms with Gasteiger partial charge >= 0.3 is 0 Å². The van der Waals surface area contributed by atoms with Crippen molar-refractivity contribution in [3.63, 3.8) is 0 Å². The molecule has 0 fully saturated rings. The highest BCUT2D eigenvalue weighted by atomic mass is 32.2. The number of aryl methyl sites for hydroxylation is 2. The summed E-state index contributed by atoms with van der Waals surface area (Å²) in [6, 6.07) is 13.1. The van der Waals surface area contributed by atoms with E-state index < -0.39 is 9.84 Å². The van der Waals surface area contributed by atoms with Gasteiger partial charge in [0.15, 0.2) is 15.0 Å². The van der Waals surface area contributed by atoms with Crippen molar-refractivity contribution in [1.29, 1.82) is 0 Å². The minimum Gasteiger partial charge on any atom is -0.302 e. The van der Waals surface area contributed by atoms with Gasteiger partial charge in [-0.1, -0.05) is 41.7 Å². The van der Waals surface area contributed by atoms with E-state index in [1.54, 1.807) is 12.1 Å². The van der Waals surface area contributed by atoms with Crippen LogP contribution in [0.5, 0.6) is 0 Å². The molecule has 1 amide bonds. The molecule has 0 spiro atoms. The van der Waals surface area contributed by atoms with E-state index in [0.29, 0.717) is 11.6 Å². The van der Waals surface area contributed by atoms with Gasteiger partial charge < -0.3 is 5.32 Å². The van der Waals surface area contributed by atoms with Crippen molar-refractivity contribution in [2.24, 2.45) is 0 Å². The lowest BCUT2D eigenvalue weighted by Crippen LogP contribution is -2.15. The third kappa shape index (κ3) is 5.37. The van der Waals surface area contributed by atoms with E-state index in [1.807, 2.05) is 38.1 Å². The molecule has 0 aliphatic rings. The van der Waals surface area contributed by atoms with Crippen LogP contribution in [0, 0.1) is 13.8 Å². The molecule has 0 atom stereocenters. The number of hydrogen-bond acceptors (Lipinski definition) is 5. The summed E-state index contributed by atoms with van der Waals surface area (Å²) in [7, 11) is -3.23. The smallest absolute Gasteiger partial charge is 0.226 e. The maximum atomic E-state index is 12.2. The summed E-state index contributed by atoms with van der Waals surface area (Å²) < 4.78 is 25.4. The Morgan fingerprint density at radius 2 is 1.81 bits per heavy atom. The average molecular weight is 403 g/mol. The number of aromatic nitrogens is 1. The van der Waals surface area contributed by atoms with Gasteiger partial charge in [-0.15, -0.1) is 0 Å². The highest BCUT2D eigenvalue weighted by Gasteiger charge is 2.14. The second-order valence-corrected chi connectivity index (χ2v) is 9.87. The lowest BCUT2D eigenvalue weighted by Gasteiger charge is -2.05. The topological polar surface area (TPSA) is 76.1 Å². The quantitative estimate of drug-likeness (QED) is 0.641. The number of rotatable bonds is 7. The van der Waals surface area contributed by atoms with Crippen molar-refractivity contribution in [3.8, 4) is 0 Å². The highest BCUT2D eigenvalue weighted by molar-refractivity contribution is 7.90. The Morgan fingerprint density at radius 1 is 1.11 bits per heavy atom. The number of nitrogens with one attached hydrogen (secondary N) is 1. The maximum Gasteiger partial charge on any atom is 0.226 e. The Hall–Kier alpha value is -2.25. The van der Waals surface area contributed by atoms with Gasteiger partial charge in [0.2, 0.25) is 5.91 Å². The first-order valence-electron chi connectivity index (χ1n) is 8.74. The molecule has 0 bridgehead atoms. The maximum absolute atomic E-state index is 12.2. The number of hydrogen-bond donors (Lipinski definition) is 1. The van der Waals surface area contributed by atoms with E-state index in [4.69, 9.17) is 0 Å². The summed E-state index contributed by atoms with van der Waals surface area (Å²) in [5.74, 6) is -0.211. The SMILES string of the molecule is Cc1cc2nc(NC(=O)CCCS(=O)(=O)Cc3ccccc3)sc2cc1C. The van der Waals surface area contributed by atoms with Crippen molar-refractivity contribution in [2.75, 3.05) is 11.1 Å². The van der Waals surface area contributed by atoms with Crippen LogP contribution in [0.4, 0.5) is 5.13 Å². The van der Waals surface area contributed by atoms with Gasteiger partial charge in [0.25, 0.3) is 0 Å². The lowest BCUT2D eigenvalue weighted by atomic mass is 10.1. The molecular formula is C20H22N2O3S2. The number of anilines is 1.